The Morgan fingerprint density at radius 1 is 1.00 bits per heavy atom. The molecular weight excluding hydrogens is 360 g/mol. The smallest absolute Gasteiger partial charge is 0.266 e. The van der Waals surface area contributed by atoms with Crippen molar-refractivity contribution in [1.82, 2.24) is 9.55 Å². The van der Waals surface area contributed by atoms with Gasteiger partial charge >= 0.3 is 0 Å². The Bertz CT molecular complexity index is 1310. The van der Waals surface area contributed by atoms with Gasteiger partial charge < -0.3 is 5.73 Å². The van der Waals surface area contributed by atoms with E-state index in [0.717, 1.165) is 16.8 Å². The number of rotatable bonds is 4. The fourth-order valence-corrected chi connectivity index (χ4v) is 3.17. The molecule has 0 fully saturated rings. The van der Waals surface area contributed by atoms with Crippen LogP contribution >= 0.6 is 0 Å². The minimum atomic E-state index is -0.135. The van der Waals surface area contributed by atoms with Crippen molar-refractivity contribution in [2.24, 2.45) is 5.73 Å². The van der Waals surface area contributed by atoms with E-state index >= 15 is 0 Å². The summed E-state index contributed by atoms with van der Waals surface area (Å²) in [5.41, 5.74) is 9.45. The van der Waals surface area contributed by atoms with Gasteiger partial charge in [-0.2, -0.15) is 5.26 Å². The van der Waals surface area contributed by atoms with Crippen LogP contribution in [0.3, 0.4) is 0 Å². The normalized spacial score (nSPS) is 11.0. The molecule has 0 bridgehead atoms. The number of hydrogen-bond donors (Lipinski definition) is 1. The van der Waals surface area contributed by atoms with Crippen LogP contribution in [0.1, 0.15) is 22.5 Å². The lowest BCUT2D eigenvalue weighted by molar-refractivity contribution is 0.936. The highest BCUT2D eigenvalue weighted by Crippen LogP contribution is 2.16. The number of aromatic nitrogens is 2. The lowest BCUT2D eigenvalue weighted by Crippen LogP contribution is -2.22. The van der Waals surface area contributed by atoms with Gasteiger partial charge in [0.05, 0.1) is 28.2 Å². The first-order chi connectivity index (χ1) is 14.2. The number of para-hydroxylation sites is 1. The molecule has 5 heteroatoms. The van der Waals surface area contributed by atoms with Crippen LogP contribution in [0.2, 0.25) is 0 Å². The monoisotopic (exact) mass is 378 g/mol. The van der Waals surface area contributed by atoms with Crippen LogP contribution in [0.4, 0.5) is 0 Å². The molecule has 0 saturated carbocycles. The first-order valence-corrected chi connectivity index (χ1v) is 9.19. The third kappa shape index (κ3) is 3.70. The topological polar surface area (TPSA) is 84.7 Å². The third-order valence-corrected chi connectivity index (χ3v) is 4.67. The van der Waals surface area contributed by atoms with E-state index in [0.29, 0.717) is 28.8 Å². The van der Waals surface area contributed by atoms with Crippen molar-refractivity contribution in [2.45, 2.75) is 6.54 Å². The van der Waals surface area contributed by atoms with Gasteiger partial charge in [0.1, 0.15) is 5.82 Å². The molecule has 5 nitrogen and oxygen atoms in total. The zero-order chi connectivity index (χ0) is 20.2. The molecule has 0 atom stereocenters. The van der Waals surface area contributed by atoms with Crippen LogP contribution < -0.4 is 11.3 Å². The first kappa shape index (κ1) is 18.4. The average Bonchev–Trinajstić information content (AvgIpc) is 2.78. The van der Waals surface area contributed by atoms with Gasteiger partial charge in [0.2, 0.25) is 0 Å². The van der Waals surface area contributed by atoms with Gasteiger partial charge in [-0.05, 0) is 53.6 Å². The van der Waals surface area contributed by atoms with Gasteiger partial charge in [0.15, 0.2) is 0 Å². The average molecular weight is 378 g/mol. The zero-order valence-corrected chi connectivity index (χ0v) is 15.6. The highest BCUT2D eigenvalue weighted by molar-refractivity contribution is 5.80. The largest absolute Gasteiger partial charge is 0.326 e. The second kappa shape index (κ2) is 7.93. The summed E-state index contributed by atoms with van der Waals surface area (Å²) in [6, 6.07) is 24.2. The second-order valence-electron chi connectivity index (χ2n) is 6.57. The maximum absolute atomic E-state index is 13.3. The van der Waals surface area contributed by atoms with Crippen molar-refractivity contribution < 1.29 is 0 Å². The van der Waals surface area contributed by atoms with Crippen molar-refractivity contribution in [2.75, 3.05) is 0 Å². The Morgan fingerprint density at radius 3 is 2.55 bits per heavy atom. The number of hydrogen-bond acceptors (Lipinski definition) is 4. The van der Waals surface area contributed by atoms with Crippen LogP contribution in [-0.4, -0.2) is 9.55 Å². The predicted octanol–water partition coefficient (Wildman–Crippen LogP) is 3.89. The summed E-state index contributed by atoms with van der Waals surface area (Å²) in [4.78, 5) is 18.0. The quantitative estimate of drug-likeness (QED) is 0.584. The van der Waals surface area contributed by atoms with E-state index in [1.165, 1.54) is 0 Å². The Morgan fingerprint density at radius 2 is 1.79 bits per heavy atom. The molecule has 0 aliphatic carbocycles. The van der Waals surface area contributed by atoms with E-state index in [-0.39, 0.29) is 5.56 Å². The highest BCUT2D eigenvalue weighted by atomic mass is 16.1. The molecule has 0 radical (unpaired) electrons. The van der Waals surface area contributed by atoms with E-state index < -0.39 is 0 Å². The van der Waals surface area contributed by atoms with Gasteiger partial charge in [-0.15, -0.1) is 0 Å². The number of nitrogens with two attached hydrogens (primary N) is 1. The van der Waals surface area contributed by atoms with Crippen LogP contribution in [0.15, 0.2) is 77.6 Å². The molecule has 0 unspecified atom stereocenters. The second-order valence-corrected chi connectivity index (χ2v) is 6.57. The van der Waals surface area contributed by atoms with Crippen molar-refractivity contribution in [3.63, 3.8) is 0 Å². The maximum atomic E-state index is 13.3. The summed E-state index contributed by atoms with van der Waals surface area (Å²) >= 11 is 0. The summed E-state index contributed by atoms with van der Waals surface area (Å²) in [6.07, 6.45) is 3.69. The summed E-state index contributed by atoms with van der Waals surface area (Å²) in [5, 5.41) is 9.50. The first-order valence-electron chi connectivity index (χ1n) is 9.19. The van der Waals surface area contributed by atoms with E-state index in [2.05, 4.69) is 6.07 Å². The predicted molar refractivity (Wildman–Crippen MR) is 115 cm³/mol. The molecular formula is C24H18N4O. The molecule has 0 aliphatic rings. The molecule has 140 valence electrons. The van der Waals surface area contributed by atoms with Crippen molar-refractivity contribution in [1.29, 1.82) is 5.26 Å². The SMILES string of the molecule is N#Cc1ccc(/C=C/c2nc3ccccc3c(=O)n2-c2cccc(CN)c2)cc1. The molecule has 29 heavy (non-hydrogen) atoms. The summed E-state index contributed by atoms with van der Waals surface area (Å²) in [6.45, 7) is 0.389. The van der Waals surface area contributed by atoms with Crippen molar-refractivity contribution >= 4 is 23.1 Å². The molecule has 4 rings (SSSR count). The van der Waals surface area contributed by atoms with Gasteiger partial charge in [-0.25, -0.2) is 4.98 Å². The zero-order valence-electron chi connectivity index (χ0n) is 15.6. The van der Waals surface area contributed by atoms with Gasteiger partial charge in [0, 0.05) is 6.54 Å². The van der Waals surface area contributed by atoms with Crippen molar-refractivity contribution in [3.05, 3.63) is 106 Å². The van der Waals surface area contributed by atoms with Crippen LogP contribution in [-0.2, 0) is 6.54 Å². The molecule has 0 aliphatic heterocycles. The highest BCUT2D eigenvalue weighted by Gasteiger charge is 2.11. The Labute approximate surface area is 168 Å². The van der Waals surface area contributed by atoms with E-state index in [9.17, 15) is 4.79 Å². The third-order valence-electron chi connectivity index (χ3n) is 4.67. The Balaban J connectivity index is 1.90. The van der Waals surface area contributed by atoms with E-state index in [1.807, 2.05) is 66.7 Å². The summed E-state index contributed by atoms with van der Waals surface area (Å²) in [5.74, 6) is 0.521. The van der Waals surface area contributed by atoms with Gasteiger partial charge in [0.25, 0.3) is 5.56 Å². The van der Waals surface area contributed by atoms with Gasteiger partial charge in [-0.1, -0.05) is 42.5 Å². The summed E-state index contributed by atoms with van der Waals surface area (Å²) < 4.78 is 1.60. The minimum Gasteiger partial charge on any atom is -0.326 e. The molecule has 0 saturated heterocycles. The van der Waals surface area contributed by atoms with Crippen LogP contribution in [0.5, 0.6) is 0 Å². The lowest BCUT2D eigenvalue weighted by atomic mass is 10.1. The van der Waals surface area contributed by atoms with Crippen LogP contribution in [0.25, 0.3) is 28.7 Å². The fraction of sp³-hybridized carbons (Fsp3) is 0.0417. The van der Waals surface area contributed by atoms with Gasteiger partial charge in [-0.3, -0.25) is 9.36 Å². The molecule has 0 amide bonds. The molecule has 2 N–H and O–H groups in total. The maximum Gasteiger partial charge on any atom is 0.266 e. The number of nitriles is 1. The number of nitrogens with zero attached hydrogens (tertiary/aromatic N) is 3. The lowest BCUT2D eigenvalue weighted by Gasteiger charge is -2.12. The number of benzene rings is 3. The molecule has 3 aromatic carbocycles. The Hall–Kier alpha value is -4.01. The summed E-state index contributed by atoms with van der Waals surface area (Å²) in [7, 11) is 0. The van der Waals surface area contributed by atoms with E-state index in [1.54, 1.807) is 22.8 Å². The molecule has 4 aromatic rings. The van der Waals surface area contributed by atoms with E-state index in [4.69, 9.17) is 16.0 Å². The molecule has 1 heterocycles. The molecule has 1 aromatic heterocycles. The van der Waals surface area contributed by atoms with Crippen molar-refractivity contribution in [3.8, 4) is 11.8 Å². The minimum absolute atomic E-state index is 0.135. The fourth-order valence-electron chi connectivity index (χ4n) is 3.17. The number of fused-ring (bicyclic) bond motifs is 1. The Kier molecular flexibility index (Phi) is 5.02. The van der Waals surface area contributed by atoms with Crippen LogP contribution in [0, 0.1) is 11.3 Å². The standard InChI is InChI=1S/C24H18N4O/c25-15-18-10-8-17(9-11-18)12-13-23-27-22-7-2-1-6-21(22)24(29)28(23)20-5-3-4-19(14-20)16-26/h1-14H,16,26H2/b13-12+. The molecule has 0 spiro atoms.